The summed E-state index contributed by atoms with van der Waals surface area (Å²) < 4.78 is 10.4. The Hall–Kier alpha value is -2.04. The van der Waals surface area contributed by atoms with Crippen LogP contribution in [-0.2, 0) is 4.79 Å². The lowest BCUT2D eigenvalue weighted by Crippen LogP contribution is -2.34. The van der Waals surface area contributed by atoms with Gasteiger partial charge in [0.25, 0.3) is 5.91 Å². The summed E-state index contributed by atoms with van der Waals surface area (Å²) in [5.74, 6) is 0.471. The van der Waals surface area contributed by atoms with E-state index in [1.54, 1.807) is 18.2 Å². The highest BCUT2D eigenvalue weighted by molar-refractivity contribution is 5.82. The van der Waals surface area contributed by atoms with E-state index >= 15 is 0 Å². The first-order valence-electron chi connectivity index (χ1n) is 5.62. The summed E-state index contributed by atoms with van der Waals surface area (Å²) in [5.41, 5.74) is 0.353. The lowest BCUT2D eigenvalue weighted by Gasteiger charge is -2.13. The molecule has 0 radical (unpaired) electrons. The van der Waals surface area contributed by atoms with E-state index in [-0.39, 0.29) is 24.3 Å². The van der Waals surface area contributed by atoms with Crippen molar-refractivity contribution >= 4 is 12.2 Å². The monoisotopic (exact) mass is 251 g/mol. The fraction of sp³-hybridized carbons (Fsp3) is 0.385. The van der Waals surface area contributed by atoms with E-state index in [1.165, 1.54) is 7.11 Å². The molecule has 1 rings (SSSR count). The number of ether oxygens (including phenoxy) is 2. The van der Waals surface area contributed by atoms with E-state index < -0.39 is 0 Å². The Balaban J connectivity index is 2.77. The molecule has 0 saturated carbocycles. The molecule has 0 bridgehead atoms. The third kappa shape index (κ3) is 3.76. The molecule has 98 valence electrons. The van der Waals surface area contributed by atoms with Crippen LogP contribution in [0.1, 0.15) is 24.2 Å². The highest BCUT2D eigenvalue weighted by Crippen LogP contribution is 2.29. The molecule has 0 heterocycles. The average molecular weight is 251 g/mol. The molecule has 0 aromatic heterocycles. The van der Waals surface area contributed by atoms with Crippen molar-refractivity contribution in [1.29, 1.82) is 0 Å². The molecule has 18 heavy (non-hydrogen) atoms. The Kier molecular flexibility index (Phi) is 5.17. The van der Waals surface area contributed by atoms with Crippen LogP contribution in [0.4, 0.5) is 0 Å². The number of nitrogens with one attached hydrogen (secondary N) is 1. The third-order valence-corrected chi connectivity index (χ3v) is 2.15. The van der Waals surface area contributed by atoms with Crippen LogP contribution in [0.15, 0.2) is 18.2 Å². The SMILES string of the molecule is COc1cccc(C=O)c1OCC(=O)NC(C)C. The van der Waals surface area contributed by atoms with Crippen molar-refractivity contribution in [3.63, 3.8) is 0 Å². The van der Waals surface area contributed by atoms with Gasteiger partial charge in [-0.3, -0.25) is 9.59 Å². The zero-order valence-corrected chi connectivity index (χ0v) is 10.7. The number of para-hydroxylation sites is 1. The van der Waals surface area contributed by atoms with Crippen molar-refractivity contribution in [3.8, 4) is 11.5 Å². The molecule has 1 N–H and O–H groups in total. The molecule has 0 spiro atoms. The summed E-state index contributed by atoms with van der Waals surface area (Å²) in [5, 5.41) is 2.69. The number of methoxy groups -OCH3 is 1. The van der Waals surface area contributed by atoms with Crippen molar-refractivity contribution in [2.45, 2.75) is 19.9 Å². The maximum absolute atomic E-state index is 11.5. The fourth-order valence-corrected chi connectivity index (χ4v) is 1.44. The minimum atomic E-state index is -0.243. The van der Waals surface area contributed by atoms with E-state index in [4.69, 9.17) is 9.47 Å². The lowest BCUT2D eigenvalue weighted by molar-refractivity contribution is -0.123. The van der Waals surface area contributed by atoms with E-state index in [9.17, 15) is 9.59 Å². The first kappa shape index (κ1) is 14.0. The Morgan fingerprint density at radius 1 is 1.44 bits per heavy atom. The number of aldehydes is 1. The van der Waals surface area contributed by atoms with Gasteiger partial charge in [-0.2, -0.15) is 0 Å². The van der Waals surface area contributed by atoms with Crippen LogP contribution in [0.2, 0.25) is 0 Å². The van der Waals surface area contributed by atoms with Crippen LogP contribution in [0.3, 0.4) is 0 Å². The van der Waals surface area contributed by atoms with Crippen molar-refractivity contribution < 1.29 is 19.1 Å². The summed E-state index contributed by atoms with van der Waals surface area (Å²) in [6.07, 6.45) is 0.665. The zero-order chi connectivity index (χ0) is 13.5. The second-order valence-corrected chi connectivity index (χ2v) is 4.01. The van der Waals surface area contributed by atoms with E-state index in [2.05, 4.69) is 5.32 Å². The van der Waals surface area contributed by atoms with Gasteiger partial charge in [0, 0.05) is 6.04 Å². The second-order valence-electron chi connectivity index (χ2n) is 4.01. The first-order valence-corrected chi connectivity index (χ1v) is 5.62. The summed E-state index contributed by atoms with van der Waals surface area (Å²) in [6, 6.07) is 5.00. The molecule has 5 heteroatoms. The second kappa shape index (κ2) is 6.64. The van der Waals surface area contributed by atoms with Gasteiger partial charge in [0.1, 0.15) is 0 Å². The van der Waals surface area contributed by atoms with Crippen molar-refractivity contribution in [1.82, 2.24) is 5.32 Å². The molecule has 1 amide bonds. The molecule has 0 saturated heterocycles. The average Bonchev–Trinajstić information content (AvgIpc) is 2.34. The minimum Gasteiger partial charge on any atom is -0.493 e. The van der Waals surface area contributed by atoms with Gasteiger partial charge in [-0.15, -0.1) is 0 Å². The van der Waals surface area contributed by atoms with E-state index in [1.807, 2.05) is 13.8 Å². The molecule has 5 nitrogen and oxygen atoms in total. The summed E-state index contributed by atoms with van der Waals surface area (Å²) in [4.78, 5) is 22.3. The fourth-order valence-electron chi connectivity index (χ4n) is 1.44. The predicted octanol–water partition coefficient (Wildman–Crippen LogP) is 1.41. The first-order chi connectivity index (χ1) is 8.58. The largest absolute Gasteiger partial charge is 0.493 e. The van der Waals surface area contributed by atoms with Gasteiger partial charge in [0.2, 0.25) is 0 Å². The molecule has 1 aromatic carbocycles. The number of rotatable bonds is 6. The Morgan fingerprint density at radius 3 is 2.72 bits per heavy atom. The van der Waals surface area contributed by atoms with Crippen LogP contribution in [0, 0.1) is 0 Å². The molecule has 0 unspecified atom stereocenters. The third-order valence-electron chi connectivity index (χ3n) is 2.15. The minimum absolute atomic E-state index is 0.0457. The van der Waals surface area contributed by atoms with Crippen molar-refractivity contribution in [3.05, 3.63) is 23.8 Å². The zero-order valence-electron chi connectivity index (χ0n) is 10.7. The Morgan fingerprint density at radius 2 is 2.17 bits per heavy atom. The van der Waals surface area contributed by atoms with Crippen LogP contribution in [0.5, 0.6) is 11.5 Å². The quantitative estimate of drug-likeness (QED) is 0.776. The van der Waals surface area contributed by atoms with E-state index in [0.717, 1.165) is 0 Å². The number of amides is 1. The molecule has 1 aromatic rings. The van der Waals surface area contributed by atoms with Crippen molar-refractivity contribution in [2.75, 3.05) is 13.7 Å². The van der Waals surface area contributed by atoms with E-state index in [0.29, 0.717) is 17.6 Å². The number of benzene rings is 1. The normalized spacial score (nSPS) is 10.0. The van der Waals surface area contributed by atoms with Gasteiger partial charge in [0.15, 0.2) is 24.4 Å². The number of carbonyl (C=O) groups is 2. The van der Waals surface area contributed by atoms with Gasteiger partial charge < -0.3 is 14.8 Å². The molecule has 0 aliphatic carbocycles. The van der Waals surface area contributed by atoms with Gasteiger partial charge in [-0.1, -0.05) is 6.07 Å². The lowest BCUT2D eigenvalue weighted by atomic mass is 10.2. The highest BCUT2D eigenvalue weighted by atomic mass is 16.5. The molecule has 0 atom stereocenters. The topological polar surface area (TPSA) is 64.6 Å². The molecular weight excluding hydrogens is 234 g/mol. The standard InChI is InChI=1S/C13H17NO4/c1-9(2)14-12(16)8-18-13-10(7-15)5-4-6-11(13)17-3/h4-7,9H,8H2,1-3H3,(H,14,16). The number of carbonyl (C=O) groups excluding carboxylic acids is 2. The van der Waals surface area contributed by atoms with Crippen molar-refractivity contribution in [2.24, 2.45) is 0 Å². The van der Waals surface area contributed by atoms with Crippen LogP contribution in [0.25, 0.3) is 0 Å². The molecule has 0 fully saturated rings. The highest BCUT2D eigenvalue weighted by Gasteiger charge is 2.12. The maximum atomic E-state index is 11.5. The van der Waals surface area contributed by atoms with Crippen LogP contribution < -0.4 is 14.8 Å². The predicted molar refractivity (Wildman–Crippen MR) is 67.2 cm³/mol. The molecule has 0 aliphatic heterocycles. The molecular formula is C13H17NO4. The van der Waals surface area contributed by atoms with Gasteiger partial charge in [-0.05, 0) is 26.0 Å². The number of hydrogen-bond donors (Lipinski definition) is 1. The summed E-state index contributed by atoms with van der Waals surface area (Å²) in [7, 11) is 1.48. The van der Waals surface area contributed by atoms with Crippen LogP contribution in [-0.4, -0.2) is 32.0 Å². The summed E-state index contributed by atoms with van der Waals surface area (Å²) in [6.45, 7) is 3.56. The molecule has 0 aliphatic rings. The Bertz CT molecular complexity index is 429. The number of hydrogen-bond acceptors (Lipinski definition) is 4. The van der Waals surface area contributed by atoms with Gasteiger partial charge in [-0.25, -0.2) is 0 Å². The van der Waals surface area contributed by atoms with Gasteiger partial charge >= 0.3 is 0 Å². The maximum Gasteiger partial charge on any atom is 0.258 e. The summed E-state index contributed by atoms with van der Waals surface area (Å²) >= 11 is 0. The van der Waals surface area contributed by atoms with Crippen LogP contribution >= 0.6 is 0 Å². The Labute approximate surface area is 106 Å². The van der Waals surface area contributed by atoms with Gasteiger partial charge in [0.05, 0.1) is 12.7 Å². The smallest absolute Gasteiger partial charge is 0.258 e.